The van der Waals surface area contributed by atoms with Gasteiger partial charge in [-0.05, 0) is 23.7 Å². The molecule has 0 radical (unpaired) electrons. The topological polar surface area (TPSA) is 67.8 Å². The standard InChI is InChI=1S/C12H8N4OS/c17-12(10-7-18-16-15-10)14-9-5-1-3-8-4-2-6-13-11(8)9/h1-7H,(H,14,17). The van der Waals surface area contributed by atoms with Crippen molar-refractivity contribution in [3.05, 3.63) is 47.6 Å². The molecule has 0 saturated heterocycles. The van der Waals surface area contributed by atoms with Gasteiger partial charge in [0.2, 0.25) is 0 Å². The second-order valence-corrected chi connectivity index (χ2v) is 4.23. The minimum atomic E-state index is -0.276. The molecular weight excluding hydrogens is 248 g/mol. The van der Waals surface area contributed by atoms with E-state index in [2.05, 4.69) is 19.9 Å². The molecule has 1 aromatic carbocycles. The van der Waals surface area contributed by atoms with Crippen molar-refractivity contribution in [3.8, 4) is 0 Å². The second-order valence-electron chi connectivity index (χ2n) is 3.62. The van der Waals surface area contributed by atoms with E-state index in [0.717, 1.165) is 22.4 Å². The normalized spacial score (nSPS) is 10.4. The first-order valence-electron chi connectivity index (χ1n) is 5.27. The fraction of sp³-hybridized carbons (Fsp3) is 0. The van der Waals surface area contributed by atoms with Crippen LogP contribution in [0.2, 0.25) is 0 Å². The predicted molar refractivity (Wildman–Crippen MR) is 69.6 cm³/mol. The minimum absolute atomic E-state index is 0.276. The molecule has 18 heavy (non-hydrogen) atoms. The van der Waals surface area contributed by atoms with Crippen LogP contribution in [-0.2, 0) is 0 Å². The van der Waals surface area contributed by atoms with Crippen LogP contribution in [0.5, 0.6) is 0 Å². The van der Waals surface area contributed by atoms with E-state index in [9.17, 15) is 4.79 Å². The SMILES string of the molecule is O=C(Nc1cccc2cccnc12)c1csnn1. The van der Waals surface area contributed by atoms with Crippen LogP contribution < -0.4 is 5.32 Å². The summed E-state index contributed by atoms with van der Waals surface area (Å²) in [5.41, 5.74) is 1.75. The van der Waals surface area contributed by atoms with E-state index in [4.69, 9.17) is 0 Å². The summed E-state index contributed by atoms with van der Waals surface area (Å²) in [6, 6.07) is 9.44. The van der Waals surface area contributed by atoms with E-state index < -0.39 is 0 Å². The molecule has 6 heteroatoms. The Bertz CT molecular complexity index is 691. The Hall–Kier alpha value is -2.34. The molecule has 1 amide bonds. The van der Waals surface area contributed by atoms with Crippen molar-refractivity contribution in [2.45, 2.75) is 0 Å². The third-order valence-electron chi connectivity index (χ3n) is 2.47. The highest BCUT2D eigenvalue weighted by atomic mass is 32.1. The summed E-state index contributed by atoms with van der Waals surface area (Å²) in [4.78, 5) is 16.2. The van der Waals surface area contributed by atoms with Crippen LogP contribution in [0.4, 0.5) is 5.69 Å². The zero-order chi connectivity index (χ0) is 12.4. The predicted octanol–water partition coefficient (Wildman–Crippen LogP) is 2.34. The van der Waals surface area contributed by atoms with Crippen LogP contribution in [0.3, 0.4) is 0 Å². The van der Waals surface area contributed by atoms with Crippen LogP contribution in [0.15, 0.2) is 41.9 Å². The molecule has 0 unspecified atom stereocenters. The minimum Gasteiger partial charge on any atom is -0.319 e. The van der Waals surface area contributed by atoms with Gasteiger partial charge in [-0.25, -0.2) is 0 Å². The van der Waals surface area contributed by atoms with E-state index in [1.54, 1.807) is 11.6 Å². The lowest BCUT2D eigenvalue weighted by molar-refractivity contribution is 0.102. The van der Waals surface area contributed by atoms with Crippen LogP contribution in [0, 0.1) is 0 Å². The average Bonchev–Trinajstić information content (AvgIpc) is 2.93. The van der Waals surface area contributed by atoms with Gasteiger partial charge >= 0.3 is 0 Å². The lowest BCUT2D eigenvalue weighted by Gasteiger charge is -2.05. The molecule has 0 atom stereocenters. The van der Waals surface area contributed by atoms with E-state index in [1.807, 2.05) is 30.3 Å². The summed E-state index contributed by atoms with van der Waals surface area (Å²) < 4.78 is 3.66. The number of hydrogen-bond donors (Lipinski definition) is 1. The van der Waals surface area contributed by atoms with Gasteiger partial charge in [0.1, 0.15) is 0 Å². The molecule has 1 N–H and O–H groups in total. The number of carbonyl (C=O) groups excluding carboxylic acids is 1. The molecule has 0 fully saturated rings. The summed E-state index contributed by atoms with van der Waals surface area (Å²) in [5, 5.41) is 9.10. The molecule has 5 nitrogen and oxygen atoms in total. The van der Waals surface area contributed by atoms with Crippen molar-refractivity contribution in [2.24, 2.45) is 0 Å². The van der Waals surface area contributed by atoms with E-state index >= 15 is 0 Å². The van der Waals surface area contributed by atoms with Crippen LogP contribution in [0.1, 0.15) is 10.5 Å². The summed E-state index contributed by atoms with van der Waals surface area (Å²) in [5.74, 6) is -0.276. The van der Waals surface area contributed by atoms with Gasteiger partial charge in [-0.3, -0.25) is 9.78 Å². The van der Waals surface area contributed by atoms with Crippen LogP contribution in [-0.4, -0.2) is 20.5 Å². The highest BCUT2D eigenvalue weighted by Gasteiger charge is 2.10. The number of aromatic nitrogens is 3. The highest BCUT2D eigenvalue weighted by molar-refractivity contribution is 7.03. The number of nitrogens with one attached hydrogen (secondary N) is 1. The maximum Gasteiger partial charge on any atom is 0.277 e. The van der Waals surface area contributed by atoms with Crippen molar-refractivity contribution in [1.29, 1.82) is 0 Å². The Labute approximate surface area is 107 Å². The Morgan fingerprint density at radius 3 is 2.94 bits per heavy atom. The molecule has 0 aliphatic rings. The fourth-order valence-corrected chi connectivity index (χ4v) is 2.09. The van der Waals surface area contributed by atoms with Crippen LogP contribution >= 0.6 is 11.5 Å². The number of hydrogen-bond acceptors (Lipinski definition) is 5. The number of pyridine rings is 1. The first-order chi connectivity index (χ1) is 8.84. The molecule has 2 aromatic heterocycles. The maximum atomic E-state index is 11.9. The quantitative estimate of drug-likeness (QED) is 0.764. The first kappa shape index (κ1) is 10.8. The number of anilines is 1. The molecule has 2 heterocycles. The smallest absolute Gasteiger partial charge is 0.277 e. The zero-order valence-corrected chi connectivity index (χ0v) is 10.0. The lowest BCUT2D eigenvalue weighted by atomic mass is 10.2. The first-order valence-corrected chi connectivity index (χ1v) is 6.10. The molecule has 3 aromatic rings. The number of fused-ring (bicyclic) bond motifs is 1. The van der Waals surface area contributed by atoms with Gasteiger partial charge in [0, 0.05) is 17.0 Å². The Kier molecular flexibility index (Phi) is 2.70. The monoisotopic (exact) mass is 256 g/mol. The molecule has 0 bridgehead atoms. The largest absolute Gasteiger partial charge is 0.319 e. The summed E-state index contributed by atoms with van der Waals surface area (Å²) in [7, 11) is 0. The number of benzene rings is 1. The van der Waals surface area contributed by atoms with Gasteiger partial charge in [-0.1, -0.05) is 22.7 Å². The maximum absolute atomic E-state index is 11.9. The average molecular weight is 256 g/mol. The molecule has 3 rings (SSSR count). The molecular formula is C12H8N4OS. The third kappa shape index (κ3) is 1.93. The fourth-order valence-electron chi connectivity index (χ4n) is 1.65. The van der Waals surface area contributed by atoms with Gasteiger partial charge in [-0.2, -0.15) is 0 Å². The molecule has 88 valence electrons. The summed E-state index contributed by atoms with van der Waals surface area (Å²) >= 11 is 1.14. The number of nitrogens with zero attached hydrogens (tertiary/aromatic N) is 3. The van der Waals surface area contributed by atoms with Crippen molar-refractivity contribution in [1.82, 2.24) is 14.6 Å². The van der Waals surface area contributed by atoms with Gasteiger partial charge in [-0.15, -0.1) is 5.10 Å². The van der Waals surface area contributed by atoms with E-state index in [-0.39, 0.29) is 5.91 Å². The Morgan fingerprint density at radius 1 is 1.22 bits per heavy atom. The second kappa shape index (κ2) is 4.50. The molecule has 0 aliphatic carbocycles. The number of carbonyl (C=O) groups is 1. The van der Waals surface area contributed by atoms with Crippen molar-refractivity contribution in [2.75, 3.05) is 5.32 Å². The zero-order valence-electron chi connectivity index (χ0n) is 9.20. The van der Waals surface area contributed by atoms with Crippen molar-refractivity contribution < 1.29 is 4.79 Å². The molecule has 0 aliphatic heterocycles. The third-order valence-corrected chi connectivity index (χ3v) is 2.98. The van der Waals surface area contributed by atoms with Crippen molar-refractivity contribution in [3.63, 3.8) is 0 Å². The Morgan fingerprint density at radius 2 is 2.11 bits per heavy atom. The lowest BCUT2D eigenvalue weighted by Crippen LogP contribution is -2.12. The van der Waals surface area contributed by atoms with Crippen LogP contribution in [0.25, 0.3) is 10.9 Å². The summed E-state index contributed by atoms with van der Waals surface area (Å²) in [6.45, 7) is 0. The van der Waals surface area contributed by atoms with E-state index in [1.165, 1.54) is 0 Å². The van der Waals surface area contributed by atoms with Gasteiger partial charge in [0.05, 0.1) is 11.2 Å². The molecule has 0 saturated carbocycles. The number of rotatable bonds is 2. The molecule has 0 spiro atoms. The van der Waals surface area contributed by atoms with Crippen molar-refractivity contribution >= 4 is 34.0 Å². The van der Waals surface area contributed by atoms with E-state index in [0.29, 0.717) is 11.4 Å². The van der Waals surface area contributed by atoms with Gasteiger partial charge < -0.3 is 5.32 Å². The Balaban J connectivity index is 1.98. The summed E-state index contributed by atoms with van der Waals surface area (Å²) in [6.07, 6.45) is 1.70. The van der Waals surface area contributed by atoms with Gasteiger partial charge in [0.25, 0.3) is 5.91 Å². The van der Waals surface area contributed by atoms with Gasteiger partial charge in [0.15, 0.2) is 5.69 Å². The highest BCUT2D eigenvalue weighted by Crippen LogP contribution is 2.21. The number of para-hydroxylation sites is 1. The number of amides is 1.